The summed E-state index contributed by atoms with van der Waals surface area (Å²) in [6, 6.07) is 7.04. The normalized spacial score (nSPS) is 12.1. The van der Waals surface area contributed by atoms with Crippen LogP contribution in [0.15, 0.2) is 34.1 Å². The Morgan fingerprint density at radius 1 is 1.29 bits per heavy atom. The van der Waals surface area contributed by atoms with Crippen LogP contribution < -0.4 is 0 Å². The zero-order valence-electron chi connectivity index (χ0n) is 7.43. The summed E-state index contributed by atoms with van der Waals surface area (Å²) in [5, 5.41) is 0.989. The average molecular weight is 275 g/mol. The van der Waals surface area contributed by atoms with Crippen molar-refractivity contribution in [2.75, 3.05) is 7.11 Å². The Morgan fingerprint density at radius 2 is 2.07 bits per heavy atom. The van der Waals surface area contributed by atoms with E-state index in [1.54, 1.807) is 12.1 Å². The molecule has 0 N–H and O–H groups in total. The van der Waals surface area contributed by atoms with Crippen molar-refractivity contribution in [2.24, 2.45) is 0 Å². The second-order valence-electron chi connectivity index (χ2n) is 2.74. The second-order valence-corrected chi connectivity index (χ2v) is 6.44. The van der Waals surface area contributed by atoms with Crippen LogP contribution >= 0.6 is 0 Å². The maximum absolute atomic E-state index is 11.4. The first-order chi connectivity index (χ1) is 6.63. The van der Waals surface area contributed by atoms with E-state index in [-0.39, 0.29) is 4.90 Å². The fraction of sp³-hybridized carbons (Fsp3) is 0.111. The molecule has 74 valence electrons. The zero-order valence-corrected chi connectivity index (χ0v) is 9.96. The van der Waals surface area contributed by atoms with Gasteiger partial charge in [-0.3, -0.25) is 0 Å². The Kier molecular flexibility index (Phi) is 2.49. The number of benzene rings is 1. The molecule has 0 aliphatic heterocycles. The molecule has 0 saturated carbocycles. The van der Waals surface area contributed by atoms with E-state index in [0.717, 1.165) is 5.39 Å². The zero-order chi connectivity index (χ0) is 10.2. The van der Waals surface area contributed by atoms with Crippen molar-refractivity contribution in [3.05, 3.63) is 29.2 Å². The Labute approximate surface area is 88.2 Å². The van der Waals surface area contributed by atoms with E-state index in [0.29, 0.717) is 14.5 Å². The predicted octanol–water partition coefficient (Wildman–Crippen LogP) is 1.23. The van der Waals surface area contributed by atoms with Gasteiger partial charge in [-0.2, -0.15) is 0 Å². The van der Waals surface area contributed by atoms with Crippen LogP contribution in [0.1, 0.15) is 0 Å². The van der Waals surface area contributed by atoms with Gasteiger partial charge in [0.2, 0.25) is 0 Å². The van der Waals surface area contributed by atoms with Crippen LogP contribution in [-0.2, 0) is 14.3 Å². The van der Waals surface area contributed by atoms with E-state index >= 15 is 0 Å². The molecule has 1 aromatic carbocycles. The molecule has 0 aliphatic carbocycles. The Bertz CT molecular complexity index is 556. The van der Waals surface area contributed by atoms with Crippen molar-refractivity contribution >= 4 is 34.3 Å². The molecule has 0 radical (unpaired) electrons. The standard InChI is InChI=1S/C9H8O3SSe/c1-12-13(10,11)8-2-3-9-7(6-8)4-5-14-9/h2-6H,1H3. The topological polar surface area (TPSA) is 43.4 Å². The summed E-state index contributed by atoms with van der Waals surface area (Å²) in [6.45, 7) is 0. The van der Waals surface area contributed by atoms with Crippen molar-refractivity contribution in [1.29, 1.82) is 0 Å². The second kappa shape index (κ2) is 3.51. The monoisotopic (exact) mass is 276 g/mol. The molecule has 1 aromatic heterocycles. The molecule has 5 heteroatoms. The van der Waals surface area contributed by atoms with Gasteiger partial charge in [0.15, 0.2) is 0 Å². The van der Waals surface area contributed by atoms with Crippen molar-refractivity contribution in [3.8, 4) is 0 Å². The van der Waals surface area contributed by atoms with Crippen molar-refractivity contribution < 1.29 is 12.6 Å². The van der Waals surface area contributed by atoms with Gasteiger partial charge in [0.1, 0.15) is 0 Å². The third-order valence-corrected chi connectivity index (χ3v) is 5.09. The Balaban J connectivity index is 2.65. The molecular formula is C9H8O3SSe. The Hall–Kier alpha value is -0.611. The first-order valence-corrected chi connectivity index (χ1v) is 7.17. The van der Waals surface area contributed by atoms with E-state index in [2.05, 4.69) is 9.12 Å². The van der Waals surface area contributed by atoms with Gasteiger partial charge in [-0.05, 0) is 0 Å². The molecule has 0 amide bonds. The van der Waals surface area contributed by atoms with E-state index < -0.39 is 10.1 Å². The van der Waals surface area contributed by atoms with Gasteiger partial charge in [-0.25, -0.2) is 0 Å². The van der Waals surface area contributed by atoms with Gasteiger partial charge in [0.25, 0.3) is 0 Å². The van der Waals surface area contributed by atoms with Crippen LogP contribution in [0.4, 0.5) is 0 Å². The van der Waals surface area contributed by atoms with E-state index in [4.69, 9.17) is 0 Å². The molecule has 0 spiro atoms. The van der Waals surface area contributed by atoms with Gasteiger partial charge in [0.05, 0.1) is 0 Å². The minimum absolute atomic E-state index is 0.223. The molecule has 0 aliphatic rings. The molecule has 1 heterocycles. The summed E-state index contributed by atoms with van der Waals surface area (Å²) >= 11 is 0.352. The summed E-state index contributed by atoms with van der Waals surface area (Å²) in [5.74, 6) is 0. The third kappa shape index (κ3) is 1.64. The van der Waals surface area contributed by atoms with E-state index in [9.17, 15) is 8.42 Å². The molecule has 2 aromatic rings. The molecule has 0 saturated heterocycles. The summed E-state index contributed by atoms with van der Waals surface area (Å²) in [4.78, 5) is 2.29. The molecule has 0 atom stereocenters. The van der Waals surface area contributed by atoms with Crippen LogP contribution in [0.3, 0.4) is 0 Å². The molecule has 3 nitrogen and oxygen atoms in total. The molecule has 0 fully saturated rings. The quantitative estimate of drug-likeness (QED) is 0.611. The Morgan fingerprint density at radius 3 is 2.79 bits per heavy atom. The van der Waals surface area contributed by atoms with Gasteiger partial charge < -0.3 is 0 Å². The summed E-state index contributed by atoms with van der Waals surface area (Å²) in [5.41, 5.74) is 0. The van der Waals surface area contributed by atoms with Crippen LogP contribution in [0.5, 0.6) is 0 Å². The van der Waals surface area contributed by atoms with Crippen LogP contribution in [0, 0.1) is 0 Å². The van der Waals surface area contributed by atoms with Crippen molar-refractivity contribution in [1.82, 2.24) is 0 Å². The van der Waals surface area contributed by atoms with Crippen molar-refractivity contribution in [3.63, 3.8) is 0 Å². The number of hydrogen-bond donors (Lipinski definition) is 0. The number of rotatable bonds is 2. The molecule has 0 unspecified atom stereocenters. The summed E-state index contributed by atoms with van der Waals surface area (Å²) in [7, 11) is -2.38. The van der Waals surface area contributed by atoms with Gasteiger partial charge in [-0.1, -0.05) is 0 Å². The SMILES string of the molecule is COS(=O)(=O)c1ccc2[se]ccc2c1. The fourth-order valence-corrected chi connectivity index (χ4v) is 3.51. The van der Waals surface area contributed by atoms with Gasteiger partial charge >= 0.3 is 88.1 Å². The fourth-order valence-electron chi connectivity index (χ4n) is 1.20. The average Bonchev–Trinajstić information content (AvgIpc) is 2.64. The van der Waals surface area contributed by atoms with E-state index in [1.165, 1.54) is 11.4 Å². The first-order valence-electron chi connectivity index (χ1n) is 3.91. The molecule has 0 bridgehead atoms. The van der Waals surface area contributed by atoms with E-state index in [1.807, 2.05) is 12.1 Å². The molecular weight excluding hydrogens is 267 g/mol. The summed E-state index contributed by atoms with van der Waals surface area (Å²) in [6.07, 6.45) is 0. The molecule has 14 heavy (non-hydrogen) atoms. The van der Waals surface area contributed by atoms with Gasteiger partial charge in [-0.15, -0.1) is 0 Å². The van der Waals surface area contributed by atoms with Crippen LogP contribution in [0.25, 0.3) is 9.65 Å². The number of hydrogen-bond acceptors (Lipinski definition) is 3. The minimum atomic E-state index is -3.55. The van der Waals surface area contributed by atoms with Gasteiger partial charge in [0, 0.05) is 0 Å². The molecule has 2 rings (SSSR count). The third-order valence-electron chi connectivity index (χ3n) is 1.93. The maximum atomic E-state index is 11.4. The first kappa shape index (κ1) is 9.93. The predicted molar refractivity (Wildman–Crippen MR) is 55.1 cm³/mol. The van der Waals surface area contributed by atoms with Crippen LogP contribution in [0.2, 0.25) is 0 Å². The summed E-state index contributed by atoms with van der Waals surface area (Å²) < 4.78 is 28.4. The van der Waals surface area contributed by atoms with Crippen LogP contribution in [-0.4, -0.2) is 30.0 Å². The van der Waals surface area contributed by atoms with Crippen molar-refractivity contribution in [2.45, 2.75) is 4.90 Å². The number of fused-ring (bicyclic) bond motifs is 1.